The van der Waals surface area contributed by atoms with Gasteiger partial charge in [-0.15, -0.1) is 0 Å². The second-order valence-corrected chi connectivity index (χ2v) is 10.8. The molecule has 174 valence electrons. The third-order valence-corrected chi connectivity index (χ3v) is 8.00. The average molecular weight is 457 g/mol. The average Bonchev–Trinajstić information content (AvgIpc) is 2.69. The highest BCUT2D eigenvalue weighted by Crippen LogP contribution is 2.23. The van der Waals surface area contributed by atoms with E-state index in [0.717, 1.165) is 36.8 Å². The quantitative estimate of drug-likeness (QED) is 0.632. The largest absolute Gasteiger partial charge is 0.352 e. The number of sulfonamides is 1. The van der Waals surface area contributed by atoms with Crippen LogP contribution in [0.15, 0.2) is 47.4 Å². The highest BCUT2D eigenvalue weighted by atomic mass is 32.2. The first-order valence-corrected chi connectivity index (χ1v) is 13.2. The molecule has 0 bridgehead atoms. The molecule has 2 N–H and O–H groups in total. The van der Waals surface area contributed by atoms with Gasteiger partial charge in [-0.3, -0.25) is 4.79 Å². The van der Waals surface area contributed by atoms with Crippen LogP contribution >= 0.6 is 0 Å². The van der Waals surface area contributed by atoms with E-state index in [2.05, 4.69) is 10.0 Å². The number of benzene rings is 2. The van der Waals surface area contributed by atoms with Gasteiger partial charge in [-0.25, -0.2) is 8.42 Å². The zero-order valence-electron chi connectivity index (χ0n) is 19.5. The van der Waals surface area contributed by atoms with Gasteiger partial charge in [0.2, 0.25) is 15.9 Å². The van der Waals surface area contributed by atoms with E-state index in [0.29, 0.717) is 17.5 Å². The predicted octanol–water partition coefficient (Wildman–Crippen LogP) is 4.73. The number of nitrogens with one attached hydrogen (secondary N) is 2. The van der Waals surface area contributed by atoms with Gasteiger partial charge in [-0.05, 0) is 56.7 Å². The molecule has 2 aromatic carbocycles. The zero-order valence-corrected chi connectivity index (χ0v) is 20.3. The van der Waals surface area contributed by atoms with Crippen molar-refractivity contribution in [2.24, 2.45) is 0 Å². The van der Waals surface area contributed by atoms with E-state index in [-0.39, 0.29) is 16.8 Å². The molecule has 1 aliphatic carbocycles. The Kier molecular flexibility index (Phi) is 8.49. The number of carbonyl (C=O) groups is 1. The van der Waals surface area contributed by atoms with Crippen LogP contribution in [0.5, 0.6) is 0 Å². The topological polar surface area (TPSA) is 75.3 Å². The number of hydrogen-bond acceptors (Lipinski definition) is 3. The molecular formula is C26H36N2O3S. The molecule has 1 fully saturated rings. The molecule has 0 aliphatic heterocycles. The van der Waals surface area contributed by atoms with E-state index in [1.807, 2.05) is 49.4 Å². The van der Waals surface area contributed by atoms with Gasteiger partial charge in [-0.1, -0.05) is 80.1 Å². The summed E-state index contributed by atoms with van der Waals surface area (Å²) >= 11 is 0. The molecule has 5 nitrogen and oxygen atoms in total. The van der Waals surface area contributed by atoms with Crippen molar-refractivity contribution < 1.29 is 13.2 Å². The van der Waals surface area contributed by atoms with Crippen molar-refractivity contribution in [1.29, 1.82) is 0 Å². The fourth-order valence-electron chi connectivity index (χ4n) is 4.78. The molecule has 32 heavy (non-hydrogen) atoms. The van der Waals surface area contributed by atoms with Crippen LogP contribution in [0, 0.1) is 20.8 Å². The SMILES string of the molecule is Cc1cc(C)c(S(=O)(=O)N[C@H](Cc2ccccc2)C(=O)NC2CCCCCCC2)c(C)c1. The standard InChI is InChI=1S/C26H36N2O3S/c1-19-16-20(2)25(21(3)17-19)32(30,31)28-24(18-22-12-8-7-9-13-22)26(29)27-23-14-10-5-4-6-11-15-23/h7-9,12-13,16-17,23-24,28H,4-6,10-11,14-15,18H2,1-3H3,(H,27,29)/t24-/m1/s1. The van der Waals surface area contributed by atoms with Gasteiger partial charge in [0.05, 0.1) is 4.90 Å². The summed E-state index contributed by atoms with van der Waals surface area (Å²) in [5.74, 6) is -0.245. The molecule has 1 aliphatic rings. The Labute approximate surface area is 193 Å². The van der Waals surface area contributed by atoms with Gasteiger partial charge in [0.1, 0.15) is 6.04 Å². The van der Waals surface area contributed by atoms with Crippen LogP contribution in [0.3, 0.4) is 0 Å². The van der Waals surface area contributed by atoms with Crippen LogP contribution in [-0.2, 0) is 21.2 Å². The predicted molar refractivity (Wildman–Crippen MR) is 129 cm³/mol. The molecule has 0 radical (unpaired) electrons. The molecule has 3 rings (SSSR count). The summed E-state index contributed by atoms with van der Waals surface area (Å²) in [4.78, 5) is 13.6. The third kappa shape index (κ3) is 6.66. The molecule has 1 amide bonds. The Morgan fingerprint density at radius 2 is 1.50 bits per heavy atom. The second kappa shape index (κ2) is 11.1. The van der Waals surface area contributed by atoms with Crippen molar-refractivity contribution in [3.63, 3.8) is 0 Å². The van der Waals surface area contributed by atoms with Gasteiger partial charge in [0.15, 0.2) is 0 Å². The number of hydrogen-bond donors (Lipinski definition) is 2. The van der Waals surface area contributed by atoms with E-state index in [9.17, 15) is 13.2 Å². The molecule has 0 unspecified atom stereocenters. The van der Waals surface area contributed by atoms with Gasteiger partial charge in [0.25, 0.3) is 0 Å². The summed E-state index contributed by atoms with van der Waals surface area (Å²) in [6.07, 6.45) is 8.05. The van der Waals surface area contributed by atoms with E-state index in [1.165, 1.54) is 19.3 Å². The lowest BCUT2D eigenvalue weighted by molar-refractivity contribution is -0.123. The number of amides is 1. The molecule has 0 saturated heterocycles. The first-order valence-electron chi connectivity index (χ1n) is 11.7. The fourth-order valence-corrected chi connectivity index (χ4v) is 6.43. The minimum atomic E-state index is -3.87. The van der Waals surface area contributed by atoms with Gasteiger partial charge in [0, 0.05) is 6.04 Å². The molecule has 0 heterocycles. The van der Waals surface area contributed by atoms with Crippen molar-refractivity contribution >= 4 is 15.9 Å². The first-order chi connectivity index (χ1) is 15.3. The fraction of sp³-hybridized carbons (Fsp3) is 0.500. The van der Waals surface area contributed by atoms with E-state index in [1.54, 1.807) is 13.8 Å². The van der Waals surface area contributed by atoms with Gasteiger partial charge >= 0.3 is 0 Å². The summed E-state index contributed by atoms with van der Waals surface area (Å²) < 4.78 is 29.5. The van der Waals surface area contributed by atoms with Crippen LogP contribution in [0.25, 0.3) is 0 Å². The van der Waals surface area contributed by atoms with Crippen LogP contribution < -0.4 is 10.0 Å². The maximum atomic E-state index is 13.4. The molecular weight excluding hydrogens is 420 g/mol. The first kappa shape index (κ1) is 24.5. The van der Waals surface area contributed by atoms with Crippen molar-refractivity contribution in [2.45, 2.75) is 89.1 Å². The highest BCUT2D eigenvalue weighted by Gasteiger charge is 2.29. The minimum Gasteiger partial charge on any atom is -0.352 e. The lowest BCUT2D eigenvalue weighted by atomic mass is 9.96. The van der Waals surface area contributed by atoms with Crippen molar-refractivity contribution in [1.82, 2.24) is 10.0 Å². The van der Waals surface area contributed by atoms with Crippen molar-refractivity contribution in [3.05, 3.63) is 64.7 Å². The number of rotatable bonds is 7. The van der Waals surface area contributed by atoms with Gasteiger partial charge < -0.3 is 5.32 Å². The third-order valence-electron chi connectivity index (χ3n) is 6.22. The summed E-state index contributed by atoms with van der Waals surface area (Å²) in [6.45, 7) is 5.55. The molecule has 6 heteroatoms. The van der Waals surface area contributed by atoms with E-state index < -0.39 is 16.1 Å². The van der Waals surface area contributed by atoms with Crippen LogP contribution in [0.4, 0.5) is 0 Å². The summed E-state index contributed by atoms with van der Waals surface area (Å²) in [7, 11) is -3.87. The molecule has 1 atom stereocenters. The Morgan fingerprint density at radius 1 is 0.938 bits per heavy atom. The lowest BCUT2D eigenvalue weighted by Gasteiger charge is -2.25. The molecule has 1 saturated carbocycles. The monoisotopic (exact) mass is 456 g/mol. The summed E-state index contributed by atoms with van der Waals surface area (Å²) in [5, 5.41) is 3.15. The smallest absolute Gasteiger partial charge is 0.241 e. The van der Waals surface area contributed by atoms with Crippen LogP contribution in [-0.4, -0.2) is 26.4 Å². The Bertz CT molecular complexity index is 988. The minimum absolute atomic E-state index is 0.105. The van der Waals surface area contributed by atoms with E-state index >= 15 is 0 Å². The lowest BCUT2D eigenvalue weighted by Crippen LogP contribution is -2.50. The Balaban J connectivity index is 1.84. The molecule has 0 spiro atoms. The summed E-state index contributed by atoms with van der Waals surface area (Å²) in [5.41, 5.74) is 3.31. The Morgan fingerprint density at radius 3 is 2.09 bits per heavy atom. The molecule has 2 aromatic rings. The van der Waals surface area contributed by atoms with Gasteiger partial charge in [-0.2, -0.15) is 4.72 Å². The normalized spacial score (nSPS) is 16.7. The maximum Gasteiger partial charge on any atom is 0.241 e. The summed E-state index contributed by atoms with van der Waals surface area (Å²) in [6, 6.07) is 12.5. The second-order valence-electron chi connectivity index (χ2n) is 9.14. The Hall–Kier alpha value is -2.18. The zero-order chi connectivity index (χ0) is 23.1. The highest BCUT2D eigenvalue weighted by molar-refractivity contribution is 7.89. The number of aryl methyl sites for hydroxylation is 3. The van der Waals surface area contributed by atoms with Crippen LogP contribution in [0.1, 0.15) is 67.2 Å². The number of carbonyl (C=O) groups excluding carboxylic acids is 1. The van der Waals surface area contributed by atoms with Crippen molar-refractivity contribution in [2.75, 3.05) is 0 Å². The maximum absolute atomic E-state index is 13.4. The molecule has 0 aromatic heterocycles. The van der Waals surface area contributed by atoms with Crippen LogP contribution in [0.2, 0.25) is 0 Å². The van der Waals surface area contributed by atoms with Crippen molar-refractivity contribution in [3.8, 4) is 0 Å². The van der Waals surface area contributed by atoms with E-state index in [4.69, 9.17) is 0 Å².